The first-order chi connectivity index (χ1) is 5.38. The van der Waals surface area contributed by atoms with Crippen molar-refractivity contribution in [3.63, 3.8) is 0 Å². The van der Waals surface area contributed by atoms with Crippen molar-refractivity contribution in [2.75, 3.05) is 0 Å². The zero-order chi connectivity index (χ0) is 9.78. The van der Waals surface area contributed by atoms with Crippen molar-refractivity contribution in [3.05, 3.63) is 24.2 Å². The average Bonchev–Trinajstić information content (AvgIpc) is 1.85. The van der Waals surface area contributed by atoms with Crippen LogP contribution in [0.5, 0.6) is 0 Å². The Morgan fingerprint density at radius 3 is 2.25 bits per heavy atom. The van der Waals surface area contributed by atoms with E-state index in [1.165, 1.54) is 0 Å². The molecular weight excluding hydrogens is 148 g/mol. The molecule has 0 saturated carbocycles. The third-order valence-corrected chi connectivity index (χ3v) is 1.54. The molecule has 0 aliphatic rings. The highest BCUT2D eigenvalue weighted by Gasteiger charge is 2.14. The van der Waals surface area contributed by atoms with Crippen molar-refractivity contribution < 1.29 is 0 Å². The lowest BCUT2D eigenvalue weighted by Crippen LogP contribution is -2.21. The molecule has 0 bridgehead atoms. The number of aliphatic imine (C=N–C) groups is 1. The topological polar surface area (TPSA) is 24.4 Å². The van der Waals surface area contributed by atoms with Crippen LogP contribution < -0.4 is 5.32 Å². The van der Waals surface area contributed by atoms with Crippen molar-refractivity contribution in [1.29, 1.82) is 0 Å². The van der Waals surface area contributed by atoms with Crippen LogP contribution >= 0.6 is 0 Å². The van der Waals surface area contributed by atoms with Crippen molar-refractivity contribution in [3.8, 4) is 0 Å². The van der Waals surface area contributed by atoms with Gasteiger partial charge in [0.1, 0.15) is 0 Å². The molecule has 0 aliphatic heterocycles. The molecule has 0 aliphatic carbocycles. The van der Waals surface area contributed by atoms with Gasteiger partial charge in [0.2, 0.25) is 0 Å². The molecule has 0 aromatic rings. The van der Waals surface area contributed by atoms with Gasteiger partial charge in [0.05, 0.1) is 0 Å². The SMILES string of the molecule is C=N/C=C(\C)NC(=C)C(C)(C)C. The molecule has 0 spiro atoms. The maximum atomic E-state index is 3.93. The summed E-state index contributed by atoms with van der Waals surface area (Å²) in [5, 5.41) is 3.15. The van der Waals surface area contributed by atoms with Gasteiger partial charge in [0, 0.05) is 23.0 Å². The molecule has 0 fully saturated rings. The lowest BCUT2D eigenvalue weighted by molar-refractivity contribution is 0.476. The highest BCUT2D eigenvalue weighted by atomic mass is 14.9. The first kappa shape index (κ1) is 11.0. The maximum Gasteiger partial charge on any atom is 0.0450 e. The zero-order valence-electron chi connectivity index (χ0n) is 8.44. The van der Waals surface area contributed by atoms with Gasteiger partial charge >= 0.3 is 0 Å². The highest BCUT2D eigenvalue weighted by molar-refractivity contribution is 5.26. The van der Waals surface area contributed by atoms with Crippen LogP contribution in [0.25, 0.3) is 0 Å². The Morgan fingerprint density at radius 1 is 1.42 bits per heavy atom. The fourth-order valence-corrected chi connectivity index (χ4v) is 0.595. The lowest BCUT2D eigenvalue weighted by Gasteiger charge is -2.23. The van der Waals surface area contributed by atoms with Gasteiger partial charge in [0.25, 0.3) is 0 Å². The number of hydrogen-bond acceptors (Lipinski definition) is 2. The van der Waals surface area contributed by atoms with E-state index >= 15 is 0 Å². The molecule has 0 aromatic carbocycles. The molecule has 0 unspecified atom stereocenters. The quantitative estimate of drug-likeness (QED) is 0.640. The molecule has 0 rings (SSSR count). The minimum absolute atomic E-state index is 0.0796. The van der Waals surface area contributed by atoms with Gasteiger partial charge in [-0.3, -0.25) is 4.99 Å². The first-order valence-electron chi connectivity index (χ1n) is 3.97. The summed E-state index contributed by atoms with van der Waals surface area (Å²) in [7, 11) is 0. The van der Waals surface area contributed by atoms with Crippen molar-refractivity contribution in [1.82, 2.24) is 5.32 Å². The molecule has 0 amide bonds. The second-order valence-electron chi connectivity index (χ2n) is 3.85. The predicted molar refractivity (Wildman–Crippen MR) is 55.0 cm³/mol. The Labute approximate surface area is 75.1 Å². The van der Waals surface area contributed by atoms with E-state index in [1.54, 1.807) is 6.20 Å². The first-order valence-corrected chi connectivity index (χ1v) is 3.97. The molecule has 0 saturated heterocycles. The normalized spacial score (nSPS) is 12.5. The molecule has 2 heteroatoms. The van der Waals surface area contributed by atoms with Crippen LogP contribution in [0.15, 0.2) is 29.2 Å². The number of hydrogen-bond donors (Lipinski definition) is 1. The Balaban J connectivity index is 4.20. The summed E-state index contributed by atoms with van der Waals surface area (Å²) >= 11 is 0. The minimum Gasteiger partial charge on any atom is -0.361 e. The summed E-state index contributed by atoms with van der Waals surface area (Å²) in [5.41, 5.74) is 2.03. The predicted octanol–water partition coefficient (Wildman–Crippen LogP) is 2.70. The Kier molecular flexibility index (Phi) is 3.74. The Hall–Kier alpha value is -1.05. The number of allylic oxidation sites excluding steroid dienone is 2. The van der Waals surface area contributed by atoms with Crippen molar-refractivity contribution in [2.24, 2.45) is 10.4 Å². The summed E-state index contributed by atoms with van der Waals surface area (Å²) in [5.74, 6) is 0. The number of rotatable bonds is 3. The maximum absolute atomic E-state index is 3.93. The van der Waals surface area contributed by atoms with Gasteiger partial charge in [-0.1, -0.05) is 27.4 Å². The van der Waals surface area contributed by atoms with Gasteiger partial charge in [-0.2, -0.15) is 0 Å². The van der Waals surface area contributed by atoms with E-state index < -0.39 is 0 Å². The number of nitrogens with zero attached hydrogens (tertiary/aromatic N) is 1. The van der Waals surface area contributed by atoms with Gasteiger partial charge in [0.15, 0.2) is 0 Å². The van der Waals surface area contributed by atoms with E-state index in [9.17, 15) is 0 Å². The van der Waals surface area contributed by atoms with Gasteiger partial charge in [-0.25, -0.2) is 0 Å². The zero-order valence-corrected chi connectivity index (χ0v) is 8.44. The Morgan fingerprint density at radius 2 is 1.92 bits per heavy atom. The molecule has 1 N–H and O–H groups in total. The molecule has 12 heavy (non-hydrogen) atoms. The molecule has 0 atom stereocenters. The summed E-state index contributed by atoms with van der Waals surface area (Å²) in [6.45, 7) is 15.6. The second kappa shape index (κ2) is 4.10. The van der Waals surface area contributed by atoms with Crippen molar-refractivity contribution in [2.45, 2.75) is 27.7 Å². The van der Waals surface area contributed by atoms with Gasteiger partial charge in [-0.15, -0.1) is 0 Å². The van der Waals surface area contributed by atoms with E-state index in [4.69, 9.17) is 0 Å². The van der Waals surface area contributed by atoms with Crippen LogP contribution in [-0.2, 0) is 0 Å². The number of nitrogens with one attached hydrogen (secondary N) is 1. The summed E-state index contributed by atoms with van der Waals surface area (Å²) in [4.78, 5) is 3.66. The van der Waals surface area contributed by atoms with E-state index in [2.05, 4.69) is 44.4 Å². The summed E-state index contributed by atoms with van der Waals surface area (Å²) in [6.07, 6.45) is 1.68. The largest absolute Gasteiger partial charge is 0.361 e. The lowest BCUT2D eigenvalue weighted by atomic mass is 9.93. The van der Waals surface area contributed by atoms with Crippen molar-refractivity contribution >= 4 is 6.72 Å². The van der Waals surface area contributed by atoms with E-state index in [1.807, 2.05) is 6.92 Å². The second-order valence-corrected chi connectivity index (χ2v) is 3.85. The highest BCUT2D eigenvalue weighted by Crippen LogP contribution is 2.21. The monoisotopic (exact) mass is 166 g/mol. The third-order valence-electron chi connectivity index (χ3n) is 1.54. The molecule has 0 heterocycles. The molecular formula is C10H18N2. The van der Waals surface area contributed by atoms with E-state index in [-0.39, 0.29) is 5.41 Å². The fraction of sp³-hybridized carbons (Fsp3) is 0.500. The van der Waals surface area contributed by atoms with Crippen LogP contribution in [0.4, 0.5) is 0 Å². The van der Waals surface area contributed by atoms with Gasteiger partial charge < -0.3 is 5.32 Å². The average molecular weight is 166 g/mol. The van der Waals surface area contributed by atoms with Crippen LogP contribution in [0, 0.1) is 5.41 Å². The minimum atomic E-state index is 0.0796. The van der Waals surface area contributed by atoms with E-state index in [0.717, 1.165) is 11.4 Å². The molecule has 0 aromatic heterocycles. The third kappa shape index (κ3) is 3.96. The van der Waals surface area contributed by atoms with Crippen LogP contribution in [0.2, 0.25) is 0 Å². The fourth-order valence-electron chi connectivity index (χ4n) is 0.595. The van der Waals surface area contributed by atoms with Gasteiger partial charge in [-0.05, 0) is 13.6 Å². The standard InChI is InChI=1S/C10H18N2/c1-8(7-11-6)12-9(2)10(3,4)5/h7,12H,2,6H2,1,3-5H3/b8-7+. The molecule has 68 valence electrons. The molecule has 2 nitrogen and oxygen atoms in total. The van der Waals surface area contributed by atoms with E-state index in [0.29, 0.717) is 0 Å². The summed E-state index contributed by atoms with van der Waals surface area (Å²) < 4.78 is 0. The Bertz CT molecular complexity index is 206. The van der Waals surface area contributed by atoms with Crippen LogP contribution in [0.3, 0.4) is 0 Å². The van der Waals surface area contributed by atoms with Crippen LogP contribution in [-0.4, -0.2) is 6.72 Å². The smallest absolute Gasteiger partial charge is 0.0450 e. The van der Waals surface area contributed by atoms with Crippen LogP contribution in [0.1, 0.15) is 27.7 Å². The molecule has 0 radical (unpaired) electrons. The summed E-state index contributed by atoms with van der Waals surface area (Å²) in [6, 6.07) is 0.